The summed E-state index contributed by atoms with van der Waals surface area (Å²) < 4.78 is 19.9. The second-order valence-corrected chi connectivity index (χ2v) is 5.63. The molecule has 0 aliphatic heterocycles. The normalized spacial score (nSPS) is 10.4. The van der Waals surface area contributed by atoms with E-state index in [-0.39, 0.29) is 18.0 Å². The van der Waals surface area contributed by atoms with Crippen LogP contribution in [0, 0.1) is 19.7 Å². The highest BCUT2D eigenvalue weighted by Gasteiger charge is 2.13. The Balaban J connectivity index is 2.00. The first-order chi connectivity index (χ1) is 11.8. The number of carbonyl (C=O) groups is 2. The summed E-state index contributed by atoms with van der Waals surface area (Å²) in [5, 5.41) is 9.26. The van der Waals surface area contributed by atoms with E-state index < -0.39 is 11.9 Å². The van der Waals surface area contributed by atoms with Crippen molar-refractivity contribution < 1.29 is 18.7 Å². The molecule has 25 heavy (non-hydrogen) atoms. The Morgan fingerprint density at radius 1 is 1.28 bits per heavy atom. The first kappa shape index (κ1) is 18.4. The molecule has 0 unspecified atom stereocenters. The molecule has 0 aliphatic rings. The Hall–Kier alpha value is -2.90. The van der Waals surface area contributed by atoms with Crippen molar-refractivity contribution in [3.05, 3.63) is 41.0 Å². The zero-order chi connectivity index (χ0) is 18.6. The first-order valence-electron chi connectivity index (χ1n) is 7.75. The quantitative estimate of drug-likeness (QED) is 0.870. The van der Waals surface area contributed by atoms with Crippen LogP contribution in [0.2, 0.25) is 0 Å². The third-order valence-corrected chi connectivity index (χ3v) is 3.93. The minimum absolute atomic E-state index is 0.0661. The topological polar surface area (TPSA) is 85.2 Å². The van der Waals surface area contributed by atoms with Gasteiger partial charge in [-0.1, -0.05) is 0 Å². The average molecular weight is 348 g/mol. The molecule has 1 aromatic heterocycles. The number of hydrogen-bond donors (Lipinski definition) is 2. The minimum Gasteiger partial charge on any atom is -0.453 e. The van der Waals surface area contributed by atoms with Gasteiger partial charge in [0.15, 0.2) is 0 Å². The van der Waals surface area contributed by atoms with Crippen LogP contribution in [0.5, 0.6) is 0 Å². The SMILES string of the molecule is COC(=O)Nc1cc(NC(=O)CCc2c(C)nn(C)c2C)ccc1F. The van der Waals surface area contributed by atoms with E-state index in [2.05, 4.69) is 20.5 Å². The van der Waals surface area contributed by atoms with Gasteiger partial charge in [0, 0.05) is 24.8 Å². The lowest BCUT2D eigenvalue weighted by Crippen LogP contribution is -2.15. The number of carbonyl (C=O) groups excluding carboxylic acids is 2. The van der Waals surface area contributed by atoms with E-state index >= 15 is 0 Å². The second-order valence-electron chi connectivity index (χ2n) is 5.63. The monoisotopic (exact) mass is 348 g/mol. The van der Waals surface area contributed by atoms with Crippen LogP contribution in [0.25, 0.3) is 0 Å². The summed E-state index contributed by atoms with van der Waals surface area (Å²) >= 11 is 0. The summed E-state index contributed by atoms with van der Waals surface area (Å²) in [6, 6.07) is 3.93. The summed E-state index contributed by atoms with van der Waals surface area (Å²) in [7, 11) is 3.04. The lowest BCUT2D eigenvalue weighted by molar-refractivity contribution is -0.116. The summed E-state index contributed by atoms with van der Waals surface area (Å²) in [4.78, 5) is 23.3. The molecule has 1 heterocycles. The molecular formula is C17H21FN4O3. The smallest absolute Gasteiger partial charge is 0.411 e. The molecule has 0 saturated carbocycles. The Labute approximate surface area is 145 Å². The van der Waals surface area contributed by atoms with Crippen molar-refractivity contribution in [3.8, 4) is 0 Å². The van der Waals surface area contributed by atoms with E-state index in [9.17, 15) is 14.0 Å². The fourth-order valence-corrected chi connectivity index (χ4v) is 2.50. The molecule has 1 aromatic carbocycles. The third-order valence-electron chi connectivity index (χ3n) is 3.93. The molecule has 0 spiro atoms. The fraction of sp³-hybridized carbons (Fsp3) is 0.353. The van der Waals surface area contributed by atoms with Crippen LogP contribution in [0.4, 0.5) is 20.6 Å². The summed E-state index contributed by atoms with van der Waals surface area (Å²) in [6.45, 7) is 3.86. The van der Waals surface area contributed by atoms with E-state index in [1.54, 1.807) is 4.68 Å². The standard InChI is InChI=1S/C17H21FN4O3/c1-10-13(11(2)22(3)21-10)6-8-16(23)19-12-5-7-14(18)15(9-12)20-17(24)25-4/h5,7,9H,6,8H2,1-4H3,(H,19,23)(H,20,24). The number of methoxy groups -OCH3 is 1. The maximum atomic E-state index is 13.7. The van der Waals surface area contributed by atoms with Gasteiger partial charge in [0.2, 0.25) is 5.91 Å². The van der Waals surface area contributed by atoms with E-state index in [1.165, 1.54) is 19.2 Å². The molecule has 2 N–H and O–H groups in total. The van der Waals surface area contributed by atoms with Gasteiger partial charge in [-0.05, 0) is 44.0 Å². The van der Waals surface area contributed by atoms with Crippen LogP contribution >= 0.6 is 0 Å². The number of hydrogen-bond acceptors (Lipinski definition) is 4. The number of ether oxygens (including phenoxy) is 1. The third kappa shape index (κ3) is 4.56. The number of benzene rings is 1. The van der Waals surface area contributed by atoms with Gasteiger partial charge in [0.05, 0.1) is 18.5 Å². The lowest BCUT2D eigenvalue weighted by Gasteiger charge is -2.09. The van der Waals surface area contributed by atoms with Crippen molar-refractivity contribution in [2.24, 2.45) is 7.05 Å². The summed E-state index contributed by atoms with van der Waals surface area (Å²) in [5.41, 5.74) is 3.29. The van der Waals surface area contributed by atoms with Crippen molar-refractivity contribution in [1.82, 2.24) is 9.78 Å². The number of anilines is 2. The number of amides is 2. The summed E-state index contributed by atoms with van der Waals surface area (Å²) in [6.07, 6.45) is 0.0426. The highest BCUT2D eigenvalue weighted by atomic mass is 19.1. The second kappa shape index (κ2) is 7.78. The maximum absolute atomic E-state index is 13.7. The van der Waals surface area contributed by atoms with Crippen molar-refractivity contribution in [1.29, 1.82) is 0 Å². The number of halogens is 1. The predicted molar refractivity (Wildman–Crippen MR) is 92.1 cm³/mol. The Morgan fingerprint density at radius 3 is 2.60 bits per heavy atom. The van der Waals surface area contributed by atoms with Crippen LogP contribution in [0.3, 0.4) is 0 Å². The van der Waals surface area contributed by atoms with Crippen LogP contribution in [0.1, 0.15) is 23.4 Å². The van der Waals surface area contributed by atoms with Gasteiger partial charge in [-0.3, -0.25) is 14.8 Å². The Kier molecular flexibility index (Phi) is 5.74. The zero-order valence-electron chi connectivity index (χ0n) is 14.6. The molecule has 7 nitrogen and oxygen atoms in total. The molecule has 0 saturated heterocycles. The van der Waals surface area contributed by atoms with Crippen molar-refractivity contribution in [3.63, 3.8) is 0 Å². The average Bonchev–Trinajstić information content (AvgIpc) is 2.81. The molecule has 0 bridgehead atoms. The number of aromatic nitrogens is 2. The molecule has 8 heteroatoms. The van der Waals surface area contributed by atoms with E-state index in [0.717, 1.165) is 23.0 Å². The maximum Gasteiger partial charge on any atom is 0.411 e. The fourth-order valence-electron chi connectivity index (χ4n) is 2.50. The molecule has 2 rings (SSSR count). The number of nitrogens with one attached hydrogen (secondary N) is 2. The highest BCUT2D eigenvalue weighted by molar-refractivity contribution is 5.92. The minimum atomic E-state index is -0.787. The van der Waals surface area contributed by atoms with Gasteiger partial charge in [-0.15, -0.1) is 0 Å². The van der Waals surface area contributed by atoms with Crippen LogP contribution < -0.4 is 10.6 Å². The van der Waals surface area contributed by atoms with Crippen molar-refractivity contribution in [2.75, 3.05) is 17.7 Å². The van der Waals surface area contributed by atoms with Gasteiger partial charge >= 0.3 is 6.09 Å². The van der Waals surface area contributed by atoms with E-state index in [1.807, 2.05) is 20.9 Å². The van der Waals surface area contributed by atoms with Gasteiger partial charge < -0.3 is 10.1 Å². The van der Waals surface area contributed by atoms with E-state index in [4.69, 9.17) is 0 Å². The molecule has 0 fully saturated rings. The first-order valence-corrected chi connectivity index (χ1v) is 7.75. The zero-order valence-corrected chi connectivity index (χ0v) is 14.6. The number of rotatable bonds is 5. The van der Waals surface area contributed by atoms with Crippen molar-refractivity contribution in [2.45, 2.75) is 26.7 Å². The van der Waals surface area contributed by atoms with Crippen LogP contribution in [-0.4, -0.2) is 28.9 Å². The summed E-state index contributed by atoms with van der Waals surface area (Å²) in [5.74, 6) is -0.830. The van der Waals surface area contributed by atoms with Crippen LogP contribution in [-0.2, 0) is 23.0 Å². The molecule has 0 radical (unpaired) electrons. The lowest BCUT2D eigenvalue weighted by atomic mass is 10.1. The van der Waals surface area contributed by atoms with Gasteiger partial charge in [-0.25, -0.2) is 9.18 Å². The predicted octanol–water partition coefficient (Wildman–Crippen LogP) is 2.93. The van der Waals surface area contributed by atoms with Crippen molar-refractivity contribution >= 4 is 23.4 Å². The van der Waals surface area contributed by atoms with E-state index in [0.29, 0.717) is 12.1 Å². The molecular weight excluding hydrogens is 327 g/mol. The Bertz CT molecular complexity index is 801. The Morgan fingerprint density at radius 2 is 2.00 bits per heavy atom. The molecule has 0 aliphatic carbocycles. The van der Waals surface area contributed by atoms with Gasteiger partial charge in [0.25, 0.3) is 0 Å². The highest BCUT2D eigenvalue weighted by Crippen LogP contribution is 2.20. The number of nitrogens with zero attached hydrogens (tertiary/aromatic N) is 2. The number of aryl methyl sites for hydroxylation is 2. The largest absolute Gasteiger partial charge is 0.453 e. The van der Waals surface area contributed by atoms with Gasteiger partial charge in [0.1, 0.15) is 5.82 Å². The molecule has 2 aromatic rings. The molecule has 2 amide bonds. The molecule has 134 valence electrons. The van der Waals surface area contributed by atoms with Gasteiger partial charge in [-0.2, -0.15) is 5.10 Å². The molecule has 0 atom stereocenters. The van der Waals surface area contributed by atoms with Crippen LogP contribution in [0.15, 0.2) is 18.2 Å².